The Morgan fingerprint density at radius 2 is 1.56 bits per heavy atom. The van der Waals surface area contributed by atoms with Crippen LogP contribution in [0.5, 0.6) is 0 Å². The van der Waals surface area contributed by atoms with Crippen molar-refractivity contribution < 1.29 is 0 Å². The SMILES string of the molecule is CCN1CCN(c2nc(-c3ccccc3)cc3ccccc23)CC1.Cl. The van der Waals surface area contributed by atoms with Gasteiger partial charge in [-0.3, -0.25) is 0 Å². The van der Waals surface area contributed by atoms with Crippen molar-refractivity contribution in [2.45, 2.75) is 6.92 Å². The lowest BCUT2D eigenvalue weighted by Crippen LogP contribution is -2.46. The monoisotopic (exact) mass is 353 g/mol. The average Bonchev–Trinajstić information content (AvgIpc) is 2.68. The third kappa shape index (κ3) is 3.63. The van der Waals surface area contributed by atoms with Gasteiger partial charge >= 0.3 is 0 Å². The highest BCUT2D eigenvalue weighted by Crippen LogP contribution is 2.30. The summed E-state index contributed by atoms with van der Waals surface area (Å²) >= 11 is 0. The second-order valence-electron chi connectivity index (χ2n) is 6.34. The molecule has 1 saturated heterocycles. The number of aromatic nitrogens is 1. The molecule has 1 aromatic heterocycles. The number of nitrogens with zero attached hydrogens (tertiary/aromatic N) is 3. The summed E-state index contributed by atoms with van der Waals surface area (Å²) in [5.41, 5.74) is 2.24. The maximum atomic E-state index is 5.05. The van der Waals surface area contributed by atoms with E-state index in [0.29, 0.717) is 0 Å². The van der Waals surface area contributed by atoms with Gasteiger partial charge in [0.15, 0.2) is 0 Å². The quantitative estimate of drug-likeness (QED) is 0.692. The number of benzene rings is 2. The highest BCUT2D eigenvalue weighted by molar-refractivity contribution is 5.95. The van der Waals surface area contributed by atoms with Crippen LogP contribution in [0.2, 0.25) is 0 Å². The molecule has 1 aliphatic heterocycles. The molecule has 130 valence electrons. The van der Waals surface area contributed by atoms with Crippen LogP contribution in [-0.4, -0.2) is 42.6 Å². The van der Waals surface area contributed by atoms with Crippen LogP contribution in [-0.2, 0) is 0 Å². The van der Waals surface area contributed by atoms with Crippen LogP contribution < -0.4 is 4.90 Å². The lowest BCUT2D eigenvalue weighted by Gasteiger charge is -2.35. The van der Waals surface area contributed by atoms with E-state index in [9.17, 15) is 0 Å². The molecule has 0 spiro atoms. The maximum Gasteiger partial charge on any atom is 0.137 e. The molecule has 25 heavy (non-hydrogen) atoms. The van der Waals surface area contributed by atoms with Gasteiger partial charge in [-0.15, -0.1) is 12.4 Å². The van der Waals surface area contributed by atoms with Gasteiger partial charge in [0.1, 0.15) is 5.82 Å². The fourth-order valence-corrected chi connectivity index (χ4v) is 3.45. The average molecular weight is 354 g/mol. The molecule has 0 aliphatic carbocycles. The second-order valence-corrected chi connectivity index (χ2v) is 6.34. The van der Waals surface area contributed by atoms with Crippen LogP contribution in [0, 0.1) is 0 Å². The summed E-state index contributed by atoms with van der Waals surface area (Å²) in [4.78, 5) is 10.00. The van der Waals surface area contributed by atoms with E-state index in [2.05, 4.69) is 77.4 Å². The van der Waals surface area contributed by atoms with E-state index < -0.39 is 0 Å². The molecule has 0 radical (unpaired) electrons. The van der Waals surface area contributed by atoms with Gasteiger partial charge < -0.3 is 9.80 Å². The van der Waals surface area contributed by atoms with Gasteiger partial charge in [0.05, 0.1) is 5.69 Å². The smallest absolute Gasteiger partial charge is 0.137 e. The number of fused-ring (bicyclic) bond motifs is 1. The summed E-state index contributed by atoms with van der Waals surface area (Å²) in [7, 11) is 0. The largest absolute Gasteiger partial charge is 0.354 e. The maximum absolute atomic E-state index is 5.05. The highest BCUT2D eigenvalue weighted by Gasteiger charge is 2.19. The van der Waals surface area contributed by atoms with Gasteiger partial charge in [0.2, 0.25) is 0 Å². The van der Waals surface area contributed by atoms with Crippen LogP contribution in [0.3, 0.4) is 0 Å². The van der Waals surface area contributed by atoms with Crippen molar-refractivity contribution in [3.63, 3.8) is 0 Å². The summed E-state index contributed by atoms with van der Waals surface area (Å²) in [6.07, 6.45) is 0. The predicted octanol–water partition coefficient (Wildman–Crippen LogP) is 4.47. The number of pyridine rings is 1. The Bertz CT molecular complexity index is 827. The topological polar surface area (TPSA) is 19.4 Å². The van der Waals surface area contributed by atoms with Gasteiger partial charge in [-0.1, -0.05) is 61.5 Å². The summed E-state index contributed by atoms with van der Waals surface area (Å²) in [6, 6.07) is 21.3. The fourth-order valence-electron chi connectivity index (χ4n) is 3.45. The van der Waals surface area contributed by atoms with Gasteiger partial charge in [-0.05, 0) is 18.0 Å². The van der Waals surface area contributed by atoms with Gasteiger partial charge in [0.25, 0.3) is 0 Å². The Morgan fingerprint density at radius 3 is 2.28 bits per heavy atom. The molecule has 0 amide bonds. The molecule has 2 heterocycles. The zero-order chi connectivity index (χ0) is 16.4. The number of anilines is 1. The molecular formula is C21H24ClN3. The highest BCUT2D eigenvalue weighted by atomic mass is 35.5. The normalized spacial score (nSPS) is 15.2. The minimum absolute atomic E-state index is 0. The lowest BCUT2D eigenvalue weighted by molar-refractivity contribution is 0.271. The van der Waals surface area contributed by atoms with Crippen molar-refractivity contribution in [1.29, 1.82) is 0 Å². The van der Waals surface area contributed by atoms with Crippen molar-refractivity contribution >= 4 is 29.0 Å². The van der Waals surface area contributed by atoms with Gasteiger partial charge in [0, 0.05) is 37.1 Å². The standard InChI is InChI=1S/C21H23N3.ClH/c1-2-23-12-14-24(15-13-23)21-19-11-7-6-10-18(19)16-20(22-21)17-8-4-3-5-9-17;/h3-11,16H,2,12-15H2,1H3;1H. The Kier molecular flexibility index (Phi) is 5.57. The first-order valence-electron chi connectivity index (χ1n) is 8.77. The fraction of sp³-hybridized carbons (Fsp3) is 0.286. The van der Waals surface area contributed by atoms with E-state index in [1.54, 1.807) is 0 Å². The first kappa shape index (κ1) is 17.7. The second kappa shape index (κ2) is 7.85. The molecule has 3 nitrogen and oxygen atoms in total. The number of likely N-dealkylation sites (N-methyl/N-ethyl adjacent to an activating group) is 1. The Morgan fingerprint density at radius 1 is 0.880 bits per heavy atom. The molecule has 0 bridgehead atoms. The first-order chi connectivity index (χ1) is 11.8. The van der Waals surface area contributed by atoms with E-state index in [0.717, 1.165) is 44.2 Å². The number of rotatable bonds is 3. The van der Waals surface area contributed by atoms with Crippen molar-refractivity contribution in [2.75, 3.05) is 37.6 Å². The molecule has 2 aromatic carbocycles. The van der Waals surface area contributed by atoms with E-state index in [4.69, 9.17) is 4.98 Å². The van der Waals surface area contributed by atoms with Crippen molar-refractivity contribution in [3.8, 4) is 11.3 Å². The van der Waals surface area contributed by atoms with Crippen molar-refractivity contribution in [1.82, 2.24) is 9.88 Å². The van der Waals surface area contributed by atoms with E-state index in [-0.39, 0.29) is 12.4 Å². The van der Waals surface area contributed by atoms with Crippen LogP contribution >= 0.6 is 12.4 Å². The molecule has 1 fully saturated rings. The predicted molar refractivity (Wildman–Crippen MR) is 109 cm³/mol. The third-order valence-corrected chi connectivity index (χ3v) is 4.91. The third-order valence-electron chi connectivity index (χ3n) is 4.91. The Hall–Kier alpha value is -2.10. The summed E-state index contributed by atoms with van der Waals surface area (Å²) < 4.78 is 0. The summed E-state index contributed by atoms with van der Waals surface area (Å²) in [6.45, 7) is 7.68. The summed E-state index contributed by atoms with van der Waals surface area (Å²) in [5.74, 6) is 1.13. The van der Waals surface area contributed by atoms with Crippen molar-refractivity contribution in [2.24, 2.45) is 0 Å². The van der Waals surface area contributed by atoms with E-state index in [1.165, 1.54) is 16.3 Å². The molecule has 0 saturated carbocycles. The van der Waals surface area contributed by atoms with Gasteiger partial charge in [-0.2, -0.15) is 0 Å². The summed E-state index contributed by atoms with van der Waals surface area (Å²) in [5, 5.41) is 2.52. The Balaban J connectivity index is 0.00000182. The first-order valence-corrected chi connectivity index (χ1v) is 8.77. The minimum Gasteiger partial charge on any atom is -0.354 e. The molecule has 3 aromatic rings. The molecule has 0 unspecified atom stereocenters. The van der Waals surface area contributed by atoms with E-state index in [1.807, 2.05) is 0 Å². The molecule has 4 heteroatoms. The molecule has 0 atom stereocenters. The van der Waals surface area contributed by atoms with Crippen LogP contribution in [0.15, 0.2) is 60.7 Å². The van der Waals surface area contributed by atoms with Crippen molar-refractivity contribution in [3.05, 3.63) is 60.7 Å². The number of piperazine rings is 1. The zero-order valence-corrected chi connectivity index (χ0v) is 15.4. The number of hydrogen-bond donors (Lipinski definition) is 0. The minimum atomic E-state index is 0. The lowest BCUT2D eigenvalue weighted by atomic mass is 10.1. The van der Waals surface area contributed by atoms with Gasteiger partial charge in [-0.25, -0.2) is 4.98 Å². The van der Waals surface area contributed by atoms with Crippen LogP contribution in [0.25, 0.3) is 22.0 Å². The number of hydrogen-bond acceptors (Lipinski definition) is 3. The zero-order valence-electron chi connectivity index (χ0n) is 14.6. The molecule has 1 aliphatic rings. The number of halogens is 1. The molecular weight excluding hydrogens is 330 g/mol. The molecule has 0 N–H and O–H groups in total. The molecule has 4 rings (SSSR count). The van der Waals surface area contributed by atoms with Crippen LogP contribution in [0.4, 0.5) is 5.82 Å². The van der Waals surface area contributed by atoms with E-state index >= 15 is 0 Å². The van der Waals surface area contributed by atoms with Crippen LogP contribution in [0.1, 0.15) is 6.92 Å². The Labute approximate surface area is 155 Å².